The lowest BCUT2D eigenvalue weighted by Crippen LogP contribution is -2.14. The summed E-state index contributed by atoms with van der Waals surface area (Å²) in [4.78, 5) is 16.6. The van der Waals surface area contributed by atoms with Crippen LogP contribution in [0.4, 0.5) is 5.69 Å². The molecule has 106 valence electrons. The van der Waals surface area contributed by atoms with Gasteiger partial charge in [0, 0.05) is 12.6 Å². The molecule has 20 heavy (non-hydrogen) atoms. The fourth-order valence-electron chi connectivity index (χ4n) is 2.13. The summed E-state index contributed by atoms with van der Waals surface area (Å²) in [5.74, 6) is 0.713. The minimum absolute atomic E-state index is 0.146. The van der Waals surface area contributed by atoms with Crippen molar-refractivity contribution in [3.8, 4) is 0 Å². The van der Waals surface area contributed by atoms with E-state index in [2.05, 4.69) is 10.3 Å². The number of aryl methyl sites for hydroxylation is 3. The number of carbonyl (C=O) groups excluding carboxylic acids is 1. The van der Waals surface area contributed by atoms with Crippen molar-refractivity contribution >= 4 is 11.6 Å². The second-order valence-corrected chi connectivity index (χ2v) is 5.37. The van der Waals surface area contributed by atoms with Gasteiger partial charge in [0.1, 0.15) is 0 Å². The topological polar surface area (TPSA) is 55.1 Å². The molecule has 0 saturated heterocycles. The SMILES string of the molecule is Cc1ccc(NC(=O)c2oc(C)nc2C(C)C)c(C)c1. The molecule has 1 N–H and O–H groups in total. The summed E-state index contributed by atoms with van der Waals surface area (Å²) in [6.45, 7) is 9.73. The van der Waals surface area contributed by atoms with Gasteiger partial charge in [0.2, 0.25) is 5.76 Å². The van der Waals surface area contributed by atoms with Gasteiger partial charge >= 0.3 is 0 Å². The highest BCUT2D eigenvalue weighted by atomic mass is 16.4. The lowest BCUT2D eigenvalue weighted by molar-refractivity contribution is 0.0993. The molecule has 0 aliphatic carbocycles. The minimum atomic E-state index is -0.249. The summed E-state index contributed by atoms with van der Waals surface area (Å²) < 4.78 is 5.45. The standard InChI is InChI=1S/C16H20N2O2/c1-9(2)14-15(20-12(5)17-14)16(19)18-13-7-6-10(3)8-11(13)4/h6-9H,1-5H3,(H,18,19). The van der Waals surface area contributed by atoms with Crippen LogP contribution >= 0.6 is 0 Å². The number of oxazole rings is 1. The highest BCUT2D eigenvalue weighted by molar-refractivity contribution is 6.03. The number of nitrogens with zero attached hydrogens (tertiary/aromatic N) is 1. The molecule has 0 saturated carbocycles. The quantitative estimate of drug-likeness (QED) is 0.919. The summed E-state index contributed by atoms with van der Waals surface area (Å²) in [5, 5.41) is 2.89. The fourth-order valence-corrected chi connectivity index (χ4v) is 2.13. The van der Waals surface area contributed by atoms with Gasteiger partial charge < -0.3 is 9.73 Å². The number of rotatable bonds is 3. The lowest BCUT2D eigenvalue weighted by Gasteiger charge is -2.09. The first-order chi connectivity index (χ1) is 9.38. The molecule has 1 amide bonds. The third-order valence-corrected chi connectivity index (χ3v) is 3.14. The van der Waals surface area contributed by atoms with Crippen molar-refractivity contribution in [2.45, 2.75) is 40.5 Å². The number of nitrogens with one attached hydrogen (secondary N) is 1. The van der Waals surface area contributed by atoms with Crippen LogP contribution in [0.15, 0.2) is 22.6 Å². The molecule has 0 radical (unpaired) electrons. The van der Waals surface area contributed by atoms with Gasteiger partial charge in [-0.25, -0.2) is 4.98 Å². The molecule has 0 unspecified atom stereocenters. The highest BCUT2D eigenvalue weighted by Gasteiger charge is 2.21. The molecule has 1 aromatic carbocycles. The summed E-state index contributed by atoms with van der Waals surface area (Å²) in [7, 11) is 0. The molecule has 0 aliphatic rings. The lowest BCUT2D eigenvalue weighted by atomic mass is 10.1. The van der Waals surface area contributed by atoms with Gasteiger partial charge in [-0.1, -0.05) is 31.5 Å². The number of benzene rings is 1. The zero-order valence-corrected chi connectivity index (χ0v) is 12.6. The zero-order chi connectivity index (χ0) is 14.9. The number of hydrogen-bond donors (Lipinski definition) is 1. The van der Waals surface area contributed by atoms with Crippen molar-refractivity contribution in [2.24, 2.45) is 0 Å². The van der Waals surface area contributed by atoms with Crippen molar-refractivity contribution in [3.05, 3.63) is 46.7 Å². The Morgan fingerprint density at radius 1 is 1.25 bits per heavy atom. The molecule has 4 nitrogen and oxygen atoms in total. The molecule has 2 rings (SSSR count). The molecule has 0 spiro atoms. The molecule has 4 heteroatoms. The number of amides is 1. The molecular weight excluding hydrogens is 252 g/mol. The maximum atomic E-state index is 12.3. The Balaban J connectivity index is 2.28. The van der Waals surface area contributed by atoms with E-state index in [4.69, 9.17) is 4.42 Å². The first-order valence-corrected chi connectivity index (χ1v) is 6.74. The van der Waals surface area contributed by atoms with Crippen LogP contribution in [0.25, 0.3) is 0 Å². The molecule has 2 aromatic rings. The molecular formula is C16H20N2O2. The second-order valence-electron chi connectivity index (χ2n) is 5.37. The van der Waals surface area contributed by atoms with E-state index in [9.17, 15) is 4.79 Å². The van der Waals surface area contributed by atoms with Crippen LogP contribution in [0.5, 0.6) is 0 Å². The van der Waals surface area contributed by atoms with Crippen LogP contribution in [0, 0.1) is 20.8 Å². The Kier molecular flexibility index (Phi) is 3.93. The van der Waals surface area contributed by atoms with E-state index in [0.717, 1.165) is 11.3 Å². The average molecular weight is 272 g/mol. The maximum absolute atomic E-state index is 12.3. The monoisotopic (exact) mass is 272 g/mol. The number of anilines is 1. The summed E-state index contributed by atoms with van der Waals surface area (Å²) in [6.07, 6.45) is 0. The van der Waals surface area contributed by atoms with Gasteiger partial charge in [-0.2, -0.15) is 0 Å². The molecule has 0 bridgehead atoms. The van der Waals surface area contributed by atoms with E-state index in [1.807, 2.05) is 45.9 Å². The predicted octanol–water partition coefficient (Wildman–Crippen LogP) is 3.98. The van der Waals surface area contributed by atoms with Crippen LogP contribution < -0.4 is 5.32 Å². The van der Waals surface area contributed by atoms with E-state index in [-0.39, 0.29) is 11.8 Å². The van der Waals surface area contributed by atoms with E-state index < -0.39 is 0 Å². The smallest absolute Gasteiger partial charge is 0.293 e. The van der Waals surface area contributed by atoms with Gasteiger partial charge in [-0.15, -0.1) is 0 Å². The van der Waals surface area contributed by atoms with Crippen molar-refractivity contribution in [3.63, 3.8) is 0 Å². The van der Waals surface area contributed by atoms with Gasteiger partial charge in [0.25, 0.3) is 5.91 Å². The van der Waals surface area contributed by atoms with Crippen LogP contribution in [0.2, 0.25) is 0 Å². The van der Waals surface area contributed by atoms with Crippen molar-refractivity contribution in [1.29, 1.82) is 0 Å². The van der Waals surface area contributed by atoms with Gasteiger partial charge in [0.05, 0.1) is 5.69 Å². The molecule has 1 heterocycles. The van der Waals surface area contributed by atoms with Crippen molar-refractivity contribution < 1.29 is 9.21 Å². The Morgan fingerprint density at radius 2 is 1.95 bits per heavy atom. The fraction of sp³-hybridized carbons (Fsp3) is 0.375. The van der Waals surface area contributed by atoms with Gasteiger partial charge in [0.15, 0.2) is 5.89 Å². The highest BCUT2D eigenvalue weighted by Crippen LogP contribution is 2.22. The number of hydrogen-bond acceptors (Lipinski definition) is 3. The minimum Gasteiger partial charge on any atom is -0.436 e. The van der Waals surface area contributed by atoms with E-state index in [1.54, 1.807) is 6.92 Å². The summed E-state index contributed by atoms with van der Waals surface area (Å²) in [6, 6.07) is 5.91. The molecule has 0 atom stereocenters. The van der Waals surface area contributed by atoms with Crippen LogP contribution in [0.1, 0.15) is 53.0 Å². The third-order valence-electron chi connectivity index (χ3n) is 3.14. The normalized spacial score (nSPS) is 10.9. The first kappa shape index (κ1) is 14.3. The number of carbonyl (C=O) groups is 1. The van der Waals surface area contributed by atoms with E-state index >= 15 is 0 Å². The third kappa shape index (κ3) is 2.90. The largest absolute Gasteiger partial charge is 0.436 e. The predicted molar refractivity (Wildman–Crippen MR) is 79.2 cm³/mol. The summed E-state index contributed by atoms with van der Waals surface area (Å²) >= 11 is 0. The first-order valence-electron chi connectivity index (χ1n) is 6.74. The Hall–Kier alpha value is -2.10. The van der Waals surface area contributed by atoms with E-state index in [1.165, 1.54) is 5.56 Å². The van der Waals surface area contributed by atoms with Crippen molar-refractivity contribution in [1.82, 2.24) is 4.98 Å². The Labute approximate surface area is 119 Å². The zero-order valence-electron chi connectivity index (χ0n) is 12.6. The molecule has 0 aliphatic heterocycles. The second kappa shape index (κ2) is 5.49. The van der Waals surface area contributed by atoms with Crippen molar-refractivity contribution in [2.75, 3.05) is 5.32 Å². The van der Waals surface area contributed by atoms with Crippen LogP contribution in [0.3, 0.4) is 0 Å². The van der Waals surface area contributed by atoms with Crippen LogP contribution in [-0.4, -0.2) is 10.9 Å². The molecule has 1 aromatic heterocycles. The molecule has 0 fully saturated rings. The Bertz CT molecular complexity index is 642. The number of aromatic nitrogens is 1. The van der Waals surface area contributed by atoms with Gasteiger partial charge in [-0.3, -0.25) is 4.79 Å². The van der Waals surface area contributed by atoms with Crippen LogP contribution in [-0.2, 0) is 0 Å². The average Bonchev–Trinajstić information content (AvgIpc) is 2.75. The maximum Gasteiger partial charge on any atom is 0.293 e. The van der Waals surface area contributed by atoms with E-state index in [0.29, 0.717) is 17.3 Å². The van der Waals surface area contributed by atoms with Gasteiger partial charge in [-0.05, 0) is 31.4 Å². The Morgan fingerprint density at radius 3 is 2.55 bits per heavy atom. The summed E-state index contributed by atoms with van der Waals surface area (Å²) in [5.41, 5.74) is 3.69.